The van der Waals surface area contributed by atoms with Gasteiger partial charge in [0.2, 0.25) is 11.8 Å². The van der Waals surface area contributed by atoms with Crippen molar-refractivity contribution in [3.63, 3.8) is 0 Å². The molecule has 0 radical (unpaired) electrons. The van der Waals surface area contributed by atoms with E-state index in [9.17, 15) is 14.0 Å². The van der Waals surface area contributed by atoms with Crippen LogP contribution in [0, 0.1) is 11.7 Å². The second-order valence-electron chi connectivity index (χ2n) is 8.64. The maximum atomic E-state index is 14.3. The molecule has 4 aromatic rings. The van der Waals surface area contributed by atoms with E-state index in [2.05, 4.69) is 34.5 Å². The third-order valence-electron chi connectivity index (χ3n) is 5.61. The van der Waals surface area contributed by atoms with Crippen molar-refractivity contribution in [3.05, 3.63) is 84.4 Å². The van der Waals surface area contributed by atoms with Crippen LogP contribution in [0.1, 0.15) is 31.9 Å². The minimum atomic E-state index is -1.03. The summed E-state index contributed by atoms with van der Waals surface area (Å²) < 4.78 is 15.7. The summed E-state index contributed by atoms with van der Waals surface area (Å²) in [7, 11) is 0. The van der Waals surface area contributed by atoms with E-state index >= 15 is 0 Å². The zero-order valence-corrected chi connectivity index (χ0v) is 19.6. The van der Waals surface area contributed by atoms with Crippen LogP contribution in [-0.4, -0.2) is 38.3 Å². The average molecular weight is 475 g/mol. The molecule has 9 heteroatoms. The van der Waals surface area contributed by atoms with Gasteiger partial charge in [-0.25, -0.2) is 9.07 Å². The largest absolute Gasteiger partial charge is 0.354 e. The molecule has 0 unspecified atom stereocenters. The topological polar surface area (TPSA) is 93.0 Å². The van der Waals surface area contributed by atoms with Gasteiger partial charge in [-0.3, -0.25) is 19.5 Å². The van der Waals surface area contributed by atoms with E-state index < -0.39 is 17.8 Å². The van der Waals surface area contributed by atoms with Crippen LogP contribution in [0.3, 0.4) is 0 Å². The van der Waals surface area contributed by atoms with Gasteiger partial charge in [0.05, 0.1) is 5.52 Å². The minimum Gasteiger partial charge on any atom is -0.354 e. The lowest BCUT2D eigenvalue weighted by Gasteiger charge is -2.31. The van der Waals surface area contributed by atoms with E-state index in [1.807, 2.05) is 18.2 Å². The molecule has 0 aliphatic carbocycles. The fourth-order valence-corrected chi connectivity index (χ4v) is 3.85. The molecule has 35 heavy (non-hydrogen) atoms. The SMILES string of the molecule is CC(C)CCNC(=O)[C@@H](c1ccncc1)N(C(=O)Cn1nnc2ccccc21)c1cccc(F)c1. The molecule has 1 N–H and O–H groups in total. The summed E-state index contributed by atoms with van der Waals surface area (Å²) >= 11 is 0. The highest BCUT2D eigenvalue weighted by Gasteiger charge is 2.33. The first-order chi connectivity index (χ1) is 16.9. The predicted molar refractivity (Wildman–Crippen MR) is 131 cm³/mol. The number of nitrogens with one attached hydrogen (secondary N) is 1. The van der Waals surface area contributed by atoms with Crippen LogP contribution in [0.25, 0.3) is 11.0 Å². The highest BCUT2D eigenvalue weighted by Crippen LogP contribution is 2.29. The second-order valence-corrected chi connectivity index (χ2v) is 8.64. The number of fused-ring (bicyclic) bond motifs is 1. The lowest BCUT2D eigenvalue weighted by Crippen LogP contribution is -2.45. The standard InChI is InChI=1S/C26H27FN6O2/c1-18(2)10-15-29-26(35)25(19-11-13-28-14-12-19)33(21-7-5-6-20(27)16-21)24(34)17-32-23-9-4-3-8-22(23)30-31-32/h3-9,11-14,16,18,25H,10,15,17H2,1-2H3,(H,29,35)/t25-/m1/s1. The molecule has 8 nitrogen and oxygen atoms in total. The number of halogens is 1. The molecular formula is C26H27FN6O2. The first-order valence-corrected chi connectivity index (χ1v) is 11.5. The molecule has 1 atom stereocenters. The molecule has 0 fully saturated rings. The van der Waals surface area contributed by atoms with Gasteiger partial charge in [-0.2, -0.15) is 0 Å². The summed E-state index contributed by atoms with van der Waals surface area (Å²) in [5, 5.41) is 11.2. The Morgan fingerprint density at radius 1 is 1.06 bits per heavy atom. The van der Waals surface area contributed by atoms with Crippen LogP contribution in [0.15, 0.2) is 73.1 Å². The zero-order valence-electron chi connectivity index (χ0n) is 19.6. The Bertz CT molecular complexity index is 1310. The number of pyridine rings is 1. The van der Waals surface area contributed by atoms with Crippen molar-refractivity contribution in [2.45, 2.75) is 32.9 Å². The summed E-state index contributed by atoms with van der Waals surface area (Å²) in [5.74, 6) is -0.915. The van der Waals surface area contributed by atoms with Crippen LogP contribution in [0.4, 0.5) is 10.1 Å². The van der Waals surface area contributed by atoms with E-state index in [1.165, 1.54) is 27.8 Å². The number of nitrogens with zero attached hydrogens (tertiary/aromatic N) is 5. The molecule has 2 aromatic carbocycles. The van der Waals surface area contributed by atoms with Crippen LogP contribution < -0.4 is 10.2 Å². The summed E-state index contributed by atoms with van der Waals surface area (Å²) in [6.07, 6.45) is 3.90. The van der Waals surface area contributed by atoms with Gasteiger partial charge in [-0.1, -0.05) is 37.3 Å². The molecule has 2 heterocycles. The van der Waals surface area contributed by atoms with Crippen LogP contribution in [0.2, 0.25) is 0 Å². The third kappa shape index (κ3) is 5.68. The summed E-state index contributed by atoms with van der Waals surface area (Å²) in [6.45, 7) is 4.41. The number of aromatic nitrogens is 4. The van der Waals surface area contributed by atoms with Gasteiger partial charge < -0.3 is 5.32 Å². The minimum absolute atomic E-state index is 0.183. The zero-order chi connectivity index (χ0) is 24.8. The Morgan fingerprint density at radius 2 is 1.83 bits per heavy atom. The van der Waals surface area contributed by atoms with Gasteiger partial charge in [-0.05, 0) is 60.4 Å². The lowest BCUT2D eigenvalue weighted by molar-refractivity contribution is -0.127. The number of benzene rings is 2. The maximum Gasteiger partial charge on any atom is 0.249 e. The summed E-state index contributed by atoms with van der Waals surface area (Å²) in [6, 6.07) is 15.3. The van der Waals surface area contributed by atoms with Crippen molar-refractivity contribution < 1.29 is 14.0 Å². The smallest absolute Gasteiger partial charge is 0.249 e. The number of para-hydroxylation sites is 1. The number of carbonyl (C=O) groups is 2. The quantitative estimate of drug-likeness (QED) is 0.397. The van der Waals surface area contributed by atoms with Gasteiger partial charge >= 0.3 is 0 Å². The van der Waals surface area contributed by atoms with Crippen molar-refractivity contribution in [1.82, 2.24) is 25.3 Å². The number of rotatable bonds is 9. The van der Waals surface area contributed by atoms with Crippen molar-refractivity contribution in [1.29, 1.82) is 0 Å². The van der Waals surface area contributed by atoms with E-state index in [0.717, 1.165) is 6.42 Å². The normalized spacial score (nSPS) is 12.0. The molecule has 0 saturated carbocycles. The number of anilines is 1. The van der Waals surface area contributed by atoms with Gasteiger partial charge in [0.1, 0.15) is 23.9 Å². The molecule has 0 aliphatic rings. The van der Waals surface area contributed by atoms with E-state index in [-0.39, 0.29) is 18.1 Å². The summed E-state index contributed by atoms with van der Waals surface area (Å²) in [5.41, 5.74) is 2.15. The molecule has 0 aliphatic heterocycles. The number of carbonyl (C=O) groups excluding carboxylic acids is 2. The Hall–Kier alpha value is -4.14. The van der Waals surface area contributed by atoms with Crippen molar-refractivity contribution in [2.24, 2.45) is 5.92 Å². The van der Waals surface area contributed by atoms with Gasteiger partial charge in [0, 0.05) is 24.6 Å². The summed E-state index contributed by atoms with van der Waals surface area (Å²) in [4.78, 5) is 32.6. The van der Waals surface area contributed by atoms with Gasteiger partial charge in [0.25, 0.3) is 0 Å². The van der Waals surface area contributed by atoms with E-state index in [4.69, 9.17) is 0 Å². The number of amides is 2. The van der Waals surface area contributed by atoms with E-state index in [0.29, 0.717) is 29.1 Å². The molecule has 0 bridgehead atoms. The molecule has 2 aromatic heterocycles. The fourth-order valence-electron chi connectivity index (χ4n) is 3.85. The average Bonchev–Trinajstić information content (AvgIpc) is 3.25. The molecule has 0 saturated heterocycles. The highest BCUT2D eigenvalue weighted by atomic mass is 19.1. The monoisotopic (exact) mass is 474 g/mol. The number of hydrogen-bond donors (Lipinski definition) is 1. The Kier molecular flexibility index (Phi) is 7.45. The van der Waals surface area contributed by atoms with E-state index in [1.54, 1.807) is 36.7 Å². The predicted octanol–water partition coefficient (Wildman–Crippen LogP) is 3.90. The fraction of sp³-hybridized carbons (Fsp3) is 0.269. The highest BCUT2D eigenvalue weighted by molar-refractivity contribution is 6.01. The first-order valence-electron chi connectivity index (χ1n) is 11.5. The second kappa shape index (κ2) is 10.9. The van der Waals surface area contributed by atoms with Gasteiger partial charge in [-0.15, -0.1) is 5.10 Å². The first kappa shape index (κ1) is 24.0. The van der Waals surface area contributed by atoms with Crippen molar-refractivity contribution in [3.8, 4) is 0 Å². The molecule has 4 rings (SSSR count). The van der Waals surface area contributed by atoms with Crippen molar-refractivity contribution >= 4 is 28.5 Å². The van der Waals surface area contributed by atoms with Crippen LogP contribution in [0.5, 0.6) is 0 Å². The molecule has 2 amide bonds. The maximum absolute atomic E-state index is 14.3. The third-order valence-corrected chi connectivity index (χ3v) is 5.61. The Labute approximate surface area is 202 Å². The lowest BCUT2D eigenvalue weighted by atomic mass is 10.0. The van der Waals surface area contributed by atoms with Gasteiger partial charge in [0.15, 0.2) is 0 Å². The van der Waals surface area contributed by atoms with Crippen molar-refractivity contribution in [2.75, 3.05) is 11.4 Å². The molecular weight excluding hydrogens is 447 g/mol. The van der Waals surface area contributed by atoms with Crippen LogP contribution in [-0.2, 0) is 16.1 Å². The Morgan fingerprint density at radius 3 is 2.57 bits per heavy atom. The Balaban J connectivity index is 1.74. The molecule has 180 valence electrons. The molecule has 0 spiro atoms. The van der Waals surface area contributed by atoms with Crippen LogP contribution >= 0.6 is 0 Å². The number of hydrogen-bond acceptors (Lipinski definition) is 5.